The zero-order chi connectivity index (χ0) is 13.8. The van der Waals surface area contributed by atoms with E-state index in [9.17, 15) is 8.78 Å². The first-order valence-corrected chi connectivity index (χ1v) is 6.36. The van der Waals surface area contributed by atoms with E-state index in [1.54, 1.807) is 18.2 Å². The fourth-order valence-corrected chi connectivity index (χ4v) is 2.16. The molecule has 0 saturated carbocycles. The molecular formula is C16H17F2N. The Balaban J connectivity index is 2.45. The summed E-state index contributed by atoms with van der Waals surface area (Å²) in [6.07, 6.45) is 0. The summed E-state index contributed by atoms with van der Waals surface area (Å²) in [5.74, 6) is -0.580. The third-order valence-electron chi connectivity index (χ3n) is 3.06. The van der Waals surface area contributed by atoms with Gasteiger partial charge in [0.25, 0.3) is 0 Å². The monoisotopic (exact) mass is 261 g/mol. The minimum absolute atomic E-state index is 0.268. The van der Waals surface area contributed by atoms with Crippen molar-refractivity contribution in [2.45, 2.75) is 19.9 Å². The third kappa shape index (κ3) is 3.18. The molecule has 0 spiro atoms. The van der Waals surface area contributed by atoms with Crippen molar-refractivity contribution in [2.75, 3.05) is 6.54 Å². The molecule has 0 heterocycles. The van der Waals surface area contributed by atoms with Crippen molar-refractivity contribution < 1.29 is 8.78 Å². The molecule has 2 aromatic carbocycles. The van der Waals surface area contributed by atoms with Gasteiger partial charge >= 0.3 is 0 Å². The Bertz CT molecular complexity index is 566. The van der Waals surface area contributed by atoms with Crippen molar-refractivity contribution in [2.24, 2.45) is 0 Å². The molecule has 100 valence electrons. The summed E-state index contributed by atoms with van der Waals surface area (Å²) in [5.41, 5.74) is 2.14. The van der Waals surface area contributed by atoms with Crippen LogP contribution in [-0.4, -0.2) is 6.54 Å². The maximum absolute atomic E-state index is 14.1. The fraction of sp³-hybridized carbons (Fsp3) is 0.250. The lowest BCUT2D eigenvalue weighted by Gasteiger charge is -2.20. The molecule has 0 aromatic heterocycles. The van der Waals surface area contributed by atoms with E-state index in [1.807, 2.05) is 19.9 Å². The lowest BCUT2D eigenvalue weighted by atomic mass is 9.97. The Morgan fingerprint density at radius 2 is 1.89 bits per heavy atom. The van der Waals surface area contributed by atoms with E-state index in [-0.39, 0.29) is 17.7 Å². The van der Waals surface area contributed by atoms with E-state index in [0.29, 0.717) is 12.1 Å². The first-order chi connectivity index (χ1) is 9.11. The molecule has 0 radical (unpaired) electrons. The molecular weight excluding hydrogens is 244 g/mol. The second-order valence-electron chi connectivity index (χ2n) is 4.57. The highest BCUT2D eigenvalue weighted by atomic mass is 19.1. The van der Waals surface area contributed by atoms with Gasteiger partial charge in [-0.15, -0.1) is 0 Å². The molecule has 2 aromatic rings. The molecule has 0 fully saturated rings. The van der Waals surface area contributed by atoms with Crippen LogP contribution >= 0.6 is 0 Å². The smallest absolute Gasteiger partial charge is 0.128 e. The van der Waals surface area contributed by atoms with Gasteiger partial charge in [-0.1, -0.05) is 31.2 Å². The molecule has 0 bridgehead atoms. The number of nitrogens with one attached hydrogen (secondary N) is 1. The lowest BCUT2D eigenvalue weighted by Crippen LogP contribution is -2.23. The van der Waals surface area contributed by atoms with Gasteiger partial charge in [-0.05, 0) is 42.8 Å². The minimum Gasteiger partial charge on any atom is -0.306 e. The predicted octanol–water partition coefficient (Wildman–Crippen LogP) is 3.97. The van der Waals surface area contributed by atoms with Crippen LogP contribution in [0.15, 0.2) is 42.5 Å². The average Bonchev–Trinajstić information content (AvgIpc) is 2.37. The predicted molar refractivity (Wildman–Crippen MR) is 73.1 cm³/mol. The van der Waals surface area contributed by atoms with E-state index in [4.69, 9.17) is 0 Å². The molecule has 0 amide bonds. The Morgan fingerprint density at radius 1 is 1.11 bits per heavy atom. The van der Waals surface area contributed by atoms with Crippen molar-refractivity contribution in [3.8, 4) is 0 Å². The summed E-state index contributed by atoms with van der Waals surface area (Å²) in [7, 11) is 0. The van der Waals surface area contributed by atoms with Crippen molar-refractivity contribution in [1.29, 1.82) is 0 Å². The zero-order valence-corrected chi connectivity index (χ0v) is 11.1. The van der Waals surface area contributed by atoms with E-state index >= 15 is 0 Å². The molecule has 2 rings (SSSR count). The van der Waals surface area contributed by atoms with E-state index in [1.165, 1.54) is 18.2 Å². The molecule has 19 heavy (non-hydrogen) atoms. The third-order valence-corrected chi connectivity index (χ3v) is 3.06. The number of hydrogen-bond donors (Lipinski definition) is 1. The van der Waals surface area contributed by atoms with Crippen LogP contribution in [0.4, 0.5) is 8.78 Å². The Labute approximate surface area is 112 Å². The quantitative estimate of drug-likeness (QED) is 0.878. The van der Waals surface area contributed by atoms with Crippen LogP contribution < -0.4 is 5.32 Å². The molecule has 0 aliphatic heterocycles. The average molecular weight is 261 g/mol. The molecule has 1 nitrogen and oxygen atoms in total. The molecule has 0 aliphatic rings. The van der Waals surface area contributed by atoms with Gasteiger partial charge in [0, 0.05) is 5.56 Å². The summed E-state index contributed by atoms with van der Waals surface area (Å²) in [6.45, 7) is 4.46. The van der Waals surface area contributed by atoms with Crippen LogP contribution in [0.1, 0.15) is 29.7 Å². The van der Waals surface area contributed by atoms with E-state index in [0.717, 1.165) is 11.1 Å². The normalized spacial score (nSPS) is 12.4. The van der Waals surface area contributed by atoms with Gasteiger partial charge in [-0.3, -0.25) is 0 Å². The van der Waals surface area contributed by atoms with Crippen LogP contribution in [0.3, 0.4) is 0 Å². The molecule has 1 unspecified atom stereocenters. The summed E-state index contributed by atoms with van der Waals surface area (Å²) in [6, 6.07) is 11.0. The standard InChI is InChI=1S/C16H17F2N/c1-3-19-16(12-5-4-6-13(17)10-12)14-8-7-11(2)9-15(14)18/h4-10,16,19H,3H2,1-2H3. The molecule has 3 heteroatoms. The van der Waals surface area contributed by atoms with Gasteiger partial charge in [-0.25, -0.2) is 8.78 Å². The molecule has 1 atom stereocenters. The molecule has 1 N–H and O–H groups in total. The van der Waals surface area contributed by atoms with E-state index < -0.39 is 0 Å². The van der Waals surface area contributed by atoms with Crippen LogP contribution in [0.25, 0.3) is 0 Å². The lowest BCUT2D eigenvalue weighted by molar-refractivity contribution is 0.554. The number of hydrogen-bond acceptors (Lipinski definition) is 1. The number of aryl methyl sites for hydroxylation is 1. The second-order valence-corrected chi connectivity index (χ2v) is 4.57. The maximum Gasteiger partial charge on any atom is 0.128 e. The Kier molecular flexibility index (Phi) is 4.27. The highest BCUT2D eigenvalue weighted by Crippen LogP contribution is 2.25. The van der Waals surface area contributed by atoms with Gasteiger partial charge in [-0.2, -0.15) is 0 Å². The van der Waals surface area contributed by atoms with Crippen LogP contribution in [0, 0.1) is 18.6 Å². The summed E-state index contributed by atoms with van der Waals surface area (Å²) < 4.78 is 27.4. The Hall–Kier alpha value is -1.74. The maximum atomic E-state index is 14.1. The first kappa shape index (κ1) is 13.7. The minimum atomic E-state index is -0.332. The zero-order valence-electron chi connectivity index (χ0n) is 11.1. The van der Waals surface area contributed by atoms with E-state index in [2.05, 4.69) is 5.32 Å². The van der Waals surface area contributed by atoms with Crippen LogP contribution in [0.5, 0.6) is 0 Å². The number of halogens is 2. The fourth-order valence-electron chi connectivity index (χ4n) is 2.16. The van der Waals surface area contributed by atoms with Crippen molar-refractivity contribution in [3.05, 3.63) is 70.8 Å². The topological polar surface area (TPSA) is 12.0 Å². The van der Waals surface area contributed by atoms with Crippen molar-refractivity contribution >= 4 is 0 Å². The largest absolute Gasteiger partial charge is 0.306 e. The molecule has 0 aliphatic carbocycles. The van der Waals surface area contributed by atoms with Crippen molar-refractivity contribution in [1.82, 2.24) is 5.32 Å². The van der Waals surface area contributed by atoms with Gasteiger partial charge in [0.05, 0.1) is 6.04 Å². The van der Waals surface area contributed by atoms with Gasteiger partial charge < -0.3 is 5.32 Å². The summed E-state index contributed by atoms with van der Waals surface area (Å²) in [4.78, 5) is 0. The summed E-state index contributed by atoms with van der Waals surface area (Å²) in [5, 5.41) is 3.20. The van der Waals surface area contributed by atoms with Gasteiger partial charge in [0.15, 0.2) is 0 Å². The first-order valence-electron chi connectivity index (χ1n) is 6.36. The Morgan fingerprint density at radius 3 is 2.53 bits per heavy atom. The van der Waals surface area contributed by atoms with Crippen LogP contribution in [-0.2, 0) is 0 Å². The highest BCUT2D eigenvalue weighted by molar-refractivity contribution is 5.34. The van der Waals surface area contributed by atoms with Crippen molar-refractivity contribution in [3.63, 3.8) is 0 Å². The number of rotatable bonds is 4. The molecule has 0 saturated heterocycles. The van der Waals surface area contributed by atoms with Gasteiger partial charge in [0.1, 0.15) is 11.6 Å². The number of benzene rings is 2. The summed E-state index contributed by atoms with van der Waals surface area (Å²) >= 11 is 0. The SMILES string of the molecule is CCNC(c1cccc(F)c1)c1ccc(C)cc1F. The van der Waals surface area contributed by atoms with Crippen LogP contribution in [0.2, 0.25) is 0 Å². The second kappa shape index (κ2) is 5.93. The van der Waals surface area contributed by atoms with Gasteiger partial charge in [0.2, 0.25) is 0 Å². The highest BCUT2D eigenvalue weighted by Gasteiger charge is 2.17.